The van der Waals surface area contributed by atoms with Crippen LogP contribution in [0.3, 0.4) is 0 Å². The van der Waals surface area contributed by atoms with Crippen LogP contribution in [-0.2, 0) is 10.3 Å². The van der Waals surface area contributed by atoms with Gasteiger partial charge in [-0.05, 0) is 37.5 Å². The van der Waals surface area contributed by atoms with Crippen molar-refractivity contribution in [1.82, 2.24) is 0 Å². The molecule has 1 aromatic rings. The minimum atomic E-state index is -0.209. The Bertz CT molecular complexity index is 402. The van der Waals surface area contributed by atoms with Gasteiger partial charge in [-0.15, -0.1) is 0 Å². The lowest BCUT2D eigenvalue weighted by atomic mass is 9.94. The molecule has 0 unspecified atom stereocenters. The summed E-state index contributed by atoms with van der Waals surface area (Å²) in [7, 11) is 1.59. The lowest BCUT2D eigenvalue weighted by Crippen LogP contribution is -2.19. The first-order valence-corrected chi connectivity index (χ1v) is 5.29. The Morgan fingerprint density at radius 3 is 2.62 bits per heavy atom. The maximum absolute atomic E-state index is 13.6. The average Bonchev–Trinajstić information content (AvgIpc) is 3.03. The smallest absolute Gasteiger partial charge is 0.126 e. The third kappa shape index (κ3) is 1.79. The van der Waals surface area contributed by atoms with E-state index in [9.17, 15) is 4.39 Å². The van der Waals surface area contributed by atoms with Crippen molar-refractivity contribution in [2.24, 2.45) is 5.90 Å². The maximum Gasteiger partial charge on any atom is 0.126 e. The Kier molecular flexibility index (Phi) is 2.86. The summed E-state index contributed by atoms with van der Waals surface area (Å²) in [5.41, 5.74) is 1.31. The molecule has 0 saturated heterocycles. The van der Waals surface area contributed by atoms with Crippen LogP contribution in [0.25, 0.3) is 0 Å². The highest BCUT2D eigenvalue weighted by Gasteiger charge is 2.46. The molecule has 0 atom stereocenters. The zero-order chi connectivity index (χ0) is 11.8. The molecule has 0 radical (unpaired) electrons. The number of aryl methyl sites for hydroxylation is 1. The van der Waals surface area contributed by atoms with Crippen molar-refractivity contribution >= 4 is 0 Å². The lowest BCUT2D eigenvalue weighted by molar-refractivity contribution is 0.115. The molecular formula is C12H16FNO2. The summed E-state index contributed by atoms with van der Waals surface area (Å²) in [6.45, 7) is 2.13. The predicted octanol–water partition coefficient (Wildman–Crippen LogP) is 2.06. The van der Waals surface area contributed by atoms with Gasteiger partial charge in [0.05, 0.1) is 13.7 Å². The first kappa shape index (κ1) is 11.4. The average molecular weight is 225 g/mol. The van der Waals surface area contributed by atoms with Gasteiger partial charge in [0.2, 0.25) is 0 Å². The van der Waals surface area contributed by atoms with Crippen molar-refractivity contribution < 1.29 is 14.0 Å². The third-order valence-electron chi connectivity index (χ3n) is 3.27. The number of rotatable bonds is 4. The molecule has 0 spiro atoms. The number of hydrogen-bond acceptors (Lipinski definition) is 3. The van der Waals surface area contributed by atoms with Crippen molar-refractivity contribution in [3.05, 3.63) is 29.1 Å². The molecule has 1 fully saturated rings. The van der Waals surface area contributed by atoms with Gasteiger partial charge in [-0.25, -0.2) is 10.3 Å². The minimum Gasteiger partial charge on any atom is -0.496 e. The van der Waals surface area contributed by atoms with E-state index in [-0.39, 0.29) is 11.2 Å². The molecule has 2 N–H and O–H groups in total. The molecule has 2 rings (SSSR count). The predicted molar refractivity (Wildman–Crippen MR) is 58.7 cm³/mol. The standard InChI is InChI=1S/C12H16FNO2/c1-8-5-11(15-2)9(6-10(8)13)12(3-4-12)7-16-14/h5-6H,3-4,7,14H2,1-2H3. The Morgan fingerprint density at radius 1 is 1.44 bits per heavy atom. The van der Waals surface area contributed by atoms with Gasteiger partial charge in [-0.1, -0.05) is 0 Å². The summed E-state index contributed by atoms with van der Waals surface area (Å²) in [4.78, 5) is 4.72. The Morgan fingerprint density at radius 2 is 2.12 bits per heavy atom. The van der Waals surface area contributed by atoms with Gasteiger partial charge in [0.1, 0.15) is 11.6 Å². The van der Waals surface area contributed by atoms with Crippen LogP contribution in [0.2, 0.25) is 0 Å². The van der Waals surface area contributed by atoms with Crippen molar-refractivity contribution in [2.45, 2.75) is 25.2 Å². The first-order valence-electron chi connectivity index (χ1n) is 5.29. The van der Waals surface area contributed by atoms with Crippen LogP contribution in [-0.4, -0.2) is 13.7 Å². The Labute approximate surface area is 94.3 Å². The second kappa shape index (κ2) is 4.03. The summed E-state index contributed by atoms with van der Waals surface area (Å²) >= 11 is 0. The van der Waals surface area contributed by atoms with Gasteiger partial charge in [-0.2, -0.15) is 0 Å². The molecule has 3 nitrogen and oxygen atoms in total. The zero-order valence-electron chi connectivity index (χ0n) is 9.55. The molecule has 0 aromatic heterocycles. The van der Waals surface area contributed by atoms with Crippen LogP contribution in [0, 0.1) is 12.7 Å². The van der Waals surface area contributed by atoms with E-state index in [1.165, 1.54) is 0 Å². The van der Waals surface area contributed by atoms with Crippen LogP contribution >= 0.6 is 0 Å². The normalized spacial score (nSPS) is 17.2. The van der Waals surface area contributed by atoms with Gasteiger partial charge in [0, 0.05) is 11.0 Å². The van der Waals surface area contributed by atoms with Gasteiger partial charge >= 0.3 is 0 Å². The fraction of sp³-hybridized carbons (Fsp3) is 0.500. The molecular weight excluding hydrogens is 209 g/mol. The molecule has 0 aliphatic heterocycles. The third-order valence-corrected chi connectivity index (χ3v) is 3.27. The summed E-state index contributed by atoms with van der Waals surface area (Å²) in [5.74, 6) is 5.62. The van der Waals surface area contributed by atoms with Gasteiger partial charge in [0.15, 0.2) is 0 Å². The summed E-state index contributed by atoms with van der Waals surface area (Å²) in [6, 6.07) is 3.27. The molecule has 1 saturated carbocycles. The number of nitrogens with two attached hydrogens (primary N) is 1. The van der Waals surface area contributed by atoms with Gasteiger partial charge in [0.25, 0.3) is 0 Å². The molecule has 0 heterocycles. The zero-order valence-corrected chi connectivity index (χ0v) is 9.55. The highest BCUT2D eigenvalue weighted by Crippen LogP contribution is 2.51. The van der Waals surface area contributed by atoms with Crippen molar-refractivity contribution in [1.29, 1.82) is 0 Å². The van der Waals surface area contributed by atoms with E-state index in [0.717, 1.165) is 18.4 Å². The quantitative estimate of drug-likeness (QED) is 0.798. The minimum absolute atomic E-state index is 0.144. The molecule has 1 aliphatic rings. The monoisotopic (exact) mass is 225 g/mol. The molecule has 1 aliphatic carbocycles. The summed E-state index contributed by atoms with van der Waals surface area (Å²) < 4.78 is 18.9. The van der Waals surface area contributed by atoms with E-state index in [2.05, 4.69) is 0 Å². The van der Waals surface area contributed by atoms with E-state index in [1.807, 2.05) is 0 Å². The van der Waals surface area contributed by atoms with E-state index >= 15 is 0 Å². The van der Waals surface area contributed by atoms with Crippen LogP contribution in [0.15, 0.2) is 12.1 Å². The number of halogens is 1. The van der Waals surface area contributed by atoms with Crippen molar-refractivity contribution in [3.63, 3.8) is 0 Å². The van der Waals surface area contributed by atoms with Crippen LogP contribution in [0.4, 0.5) is 4.39 Å². The first-order chi connectivity index (χ1) is 7.63. The number of hydrogen-bond donors (Lipinski definition) is 1. The van der Waals surface area contributed by atoms with E-state index < -0.39 is 0 Å². The lowest BCUT2D eigenvalue weighted by Gasteiger charge is -2.18. The molecule has 1 aromatic carbocycles. The molecule has 0 bridgehead atoms. The Hall–Kier alpha value is -1.13. The van der Waals surface area contributed by atoms with E-state index in [0.29, 0.717) is 17.9 Å². The second-order valence-corrected chi connectivity index (χ2v) is 4.39. The maximum atomic E-state index is 13.6. The second-order valence-electron chi connectivity index (χ2n) is 4.39. The largest absolute Gasteiger partial charge is 0.496 e. The van der Waals surface area contributed by atoms with Gasteiger partial charge < -0.3 is 9.57 Å². The molecule has 0 amide bonds. The SMILES string of the molecule is COc1cc(C)c(F)cc1C1(CON)CC1. The van der Waals surface area contributed by atoms with Crippen molar-refractivity contribution in [2.75, 3.05) is 13.7 Å². The highest BCUT2D eigenvalue weighted by atomic mass is 19.1. The number of ether oxygens (including phenoxy) is 1. The molecule has 88 valence electrons. The van der Waals surface area contributed by atoms with Crippen LogP contribution in [0.5, 0.6) is 5.75 Å². The van der Waals surface area contributed by atoms with E-state index in [1.54, 1.807) is 26.2 Å². The van der Waals surface area contributed by atoms with E-state index in [4.69, 9.17) is 15.5 Å². The summed E-state index contributed by atoms with van der Waals surface area (Å²) in [6.07, 6.45) is 1.92. The van der Waals surface area contributed by atoms with Crippen molar-refractivity contribution in [3.8, 4) is 5.75 Å². The summed E-state index contributed by atoms with van der Waals surface area (Å²) in [5, 5.41) is 0. The van der Waals surface area contributed by atoms with Crippen LogP contribution < -0.4 is 10.6 Å². The van der Waals surface area contributed by atoms with Crippen LogP contribution in [0.1, 0.15) is 24.0 Å². The molecule has 4 heteroatoms. The van der Waals surface area contributed by atoms with Gasteiger partial charge in [-0.3, -0.25) is 0 Å². The number of methoxy groups -OCH3 is 1. The fourth-order valence-electron chi connectivity index (χ4n) is 2.04. The topological polar surface area (TPSA) is 44.5 Å². The highest BCUT2D eigenvalue weighted by molar-refractivity contribution is 5.46. The number of benzene rings is 1. The fourth-order valence-corrected chi connectivity index (χ4v) is 2.04. The molecule has 16 heavy (non-hydrogen) atoms. The Balaban J connectivity index is 2.43.